The molecule has 0 spiro atoms. The molecule has 0 bridgehead atoms. The van der Waals surface area contributed by atoms with Gasteiger partial charge < -0.3 is 10.1 Å². The largest absolute Gasteiger partial charge is 0.373 e. The molecule has 1 N–H and O–H groups in total. The molecular weight excluding hydrogens is 264 g/mol. The molecular formula is C12H16Cl2FNO. The first-order valence-electron chi connectivity index (χ1n) is 5.49. The van der Waals surface area contributed by atoms with Crippen LogP contribution in [0.4, 0.5) is 4.39 Å². The van der Waals surface area contributed by atoms with Crippen molar-refractivity contribution in [2.45, 2.75) is 13.0 Å². The molecule has 17 heavy (non-hydrogen) atoms. The third kappa shape index (κ3) is 3.32. The van der Waals surface area contributed by atoms with Crippen LogP contribution in [0.2, 0.25) is 5.02 Å². The third-order valence-corrected chi connectivity index (χ3v) is 3.17. The molecule has 1 atom stereocenters. The van der Waals surface area contributed by atoms with Crippen molar-refractivity contribution in [3.05, 3.63) is 34.6 Å². The minimum Gasteiger partial charge on any atom is -0.373 e. The van der Waals surface area contributed by atoms with Gasteiger partial charge in [-0.15, -0.1) is 12.4 Å². The first kappa shape index (κ1) is 14.7. The van der Waals surface area contributed by atoms with Crippen LogP contribution in [0.3, 0.4) is 0 Å². The lowest BCUT2D eigenvalue weighted by Crippen LogP contribution is -2.46. The number of halogens is 3. The lowest BCUT2D eigenvalue weighted by molar-refractivity contribution is 0.000263. The second-order valence-corrected chi connectivity index (χ2v) is 4.38. The molecule has 1 heterocycles. The van der Waals surface area contributed by atoms with Crippen molar-refractivity contribution in [3.8, 4) is 0 Å². The maximum atomic E-state index is 13.4. The zero-order valence-electron chi connectivity index (χ0n) is 9.58. The van der Waals surface area contributed by atoms with Gasteiger partial charge >= 0.3 is 0 Å². The van der Waals surface area contributed by atoms with Gasteiger partial charge in [0.15, 0.2) is 0 Å². The average Bonchev–Trinajstić information content (AvgIpc) is 2.19. The summed E-state index contributed by atoms with van der Waals surface area (Å²) in [5, 5.41) is 3.35. The van der Waals surface area contributed by atoms with E-state index in [0.717, 1.165) is 18.7 Å². The molecule has 0 amide bonds. The lowest BCUT2D eigenvalue weighted by Gasteiger charge is -2.34. The van der Waals surface area contributed by atoms with Crippen LogP contribution in [-0.4, -0.2) is 19.7 Å². The molecule has 96 valence electrons. The van der Waals surface area contributed by atoms with E-state index in [0.29, 0.717) is 12.5 Å². The Hall–Kier alpha value is -0.350. The highest BCUT2D eigenvalue weighted by Gasteiger charge is 2.29. The Bertz CT molecular complexity index is 372. The van der Waals surface area contributed by atoms with Crippen LogP contribution in [0.5, 0.6) is 0 Å². The first-order chi connectivity index (χ1) is 7.72. The summed E-state index contributed by atoms with van der Waals surface area (Å²) in [4.78, 5) is 0. The van der Waals surface area contributed by atoms with Crippen LogP contribution in [-0.2, 0) is 4.74 Å². The van der Waals surface area contributed by atoms with Gasteiger partial charge in [-0.3, -0.25) is 0 Å². The maximum Gasteiger partial charge on any atom is 0.142 e. The SMILES string of the molecule is CCO[C@H](c1ccc(Cl)c(F)c1)C1CNC1.Cl. The summed E-state index contributed by atoms with van der Waals surface area (Å²) >= 11 is 5.66. The summed E-state index contributed by atoms with van der Waals surface area (Å²) in [6.07, 6.45) is -0.0296. The van der Waals surface area contributed by atoms with Crippen molar-refractivity contribution in [2.75, 3.05) is 19.7 Å². The topological polar surface area (TPSA) is 21.3 Å². The van der Waals surface area contributed by atoms with E-state index in [4.69, 9.17) is 16.3 Å². The Labute approximate surface area is 112 Å². The molecule has 1 aromatic carbocycles. The number of benzene rings is 1. The number of rotatable bonds is 4. The van der Waals surface area contributed by atoms with E-state index in [2.05, 4.69) is 5.32 Å². The van der Waals surface area contributed by atoms with Crippen molar-refractivity contribution < 1.29 is 9.13 Å². The highest BCUT2D eigenvalue weighted by molar-refractivity contribution is 6.30. The zero-order valence-corrected chi connectivity index (χ0v) is 11.2. The molecule has 0 aromatic heterocycles. The second-order valence-electron chi connectivity index (χ2n) is 3.97. The summed E-state index contributed by atoms with van der Waals surface area (Å²) in [7, 11) is 0. The molecule has 0 unspecified atom stereocenters. The number of ether oxygens (including phenoxy) is 1. The third-order valence-electron chi connectivity index (χ3n) is 2.86. The van der Waals surface area contributed by atoms with Crippen LogP contribution < -0.4 is 5.32 Å². The van der Waals surface area contributed by atoms with Gasteiger partial charge in [-0.25, -0.2) is 4.39 Å². The van der Waals surface area contributed by atoms with Gasteiger partial charge in [-0.2, -0.15) is 0 Å². The number of hydrogen-bond acceptors (Lipinski definition) is 2. The Kier molecular flexibility index (Phi) is 5.67. The Morgan fingerprint density at radius 2 is 2.24 bits per heavy atom. The van der Waals surface area contributed by atoms with Crippen molar-refractivity contribution in [2.24, 2.45) is 5.92 Å². The van der Waals surface area contributed by atoms with E-state index in [1.165, 1.54) is 6.07 Å². The van der Waals surface area contributed by atoms with E-state index in [1.807, 2.05) is 13.0 Å². The van der Waals surface area contributed by atoms with Crippen LogP contribution in [0.1, 0.15) is 18.6 Å². The number of nitrogens with one attached hydrogen (secondary N) is 1. The molecule has 1 fully saturated rings. The molecule has 1 aromatic rings. The second kappa shape index (κ2) is 6.55. The summed E-state index contributed by atoms with van der Waals surface area (Å²) < 4.78 is 19.0. The fourth-order valence-electron chi connectivity index (χ4n) is 1.90. The van der Waals surface area contributed by atoms with E-state index < -0.39 is 0 Å². The fraction of sp³-hybridized carbons (Fsp3) is 0.500. The predicted molar refractivity (Wildman–Crippen MR) is 69.4 cm³/mol. The van der Waals surface area contributed by atoms with Gasteiger partial charge in [0.05, 0.1) is 11.1 Å². The molecule has 5 heteroatoms. The summed E-state index contributed by atoms with van der Waals surface area (Å²) in [6.45, 7) is 4.43. The Balaban J connectivity index is 0.00000144. The monoisotopic (exact) mass is 279 g/mol. The van der Waals surface area contributed by atoms with Crippen molar-refractivity contribution >= 4 is 24.0 Å². The Morgan fingerprint density at radius 3 is 2.71 bits per heavy atom. The molecule has 0 saturated carbocycles. The van der Waals surface area contributed by atoms with Gasteiger partial charge in [-0.1, -0.05) is 17.7 Å². The van der Waals surface area contributed by atoms with E-state index >= 15 is 0 Å². The first-order valence-corrected chi connectivity index (χ1v) is 5.87. The lowest BCUT2D eigenvalue weighted by atomic mass is 9.91. The van der Waals surface area contributed by atoms with Crippen LogP contribution in [0.15, 0.2) is 18.2 Å². The molecule has 0 aliphatic carbocycles. The standard InChI is InChI=1S/C12H15ClFNO.ClH/c1-2-16-12(9-6-15-7-9)8-3-4-10(13)11(14)5-8;/h3-5,9,12,15H,2,6-7H2,1H3;1H/t12-;/m1./s1. The molecule has 1 saturated heterocycles. The Morgan fingerprint density at radius 1 is 1.53 bits per heavy atom. The van der Waals surface area contributed by atoms with Gasteiger partial charge in [0.25, 0.3) is 0 Å². The molecule has 2 rings (SSSR count). The van der Waals surface area contributed by atoms with Crippen molar-refractivity contribution in [1.82, 2.24) is 5.32 Å². The molecule has 1 aliphatic heterocycles. The number of hydrogen-bond donors (Lipinski definition) is 1. The van der Waals surface area contributed by atoms with Crippen LogP contribution in [0.25, 0.3) is 0 Å². The summed E-state index contributed by atoms with van der Waals surface area (Å²) in [5.41, 5.74) is 0.871. The van der Waals surface area contributed by atoms with Crippen molar-refractivity contribution in [3.63, 3.8) is 0 Å². The predicted octanol–water partition coefficient (Wildman–Crippen LogP) is 3.20. The highest BCUT2D eigenvalue weighted by Crippen LogP contribution is 2.30. The summed E-state index contributed by atoms with van der Waals surface area (Å²) in [6, 6.07) is 4.90. The van der Waals surface area contributed by atoms with Gasteiger partial charge in [0, 0.05) is 25.6 Å². The van der Waals surface area contributed by atoms with Crippen LogP contribution >= 0.6 is 24.0 Å². The normalized spacial score (nSPS) is 17.1. The van der Waals surface area contributed by atoms with E-state index in [1.54, 1.807) is 6.07 Å². The zero-order chi connectivity index (χ0) is 11.5. The minimum absolute atomic E-state index is 0. The smallest absolute Gasteiger partial charge is 0.142 e. The van der Waals surface area contributed by atoms with Crippen molar-refractivity contribution in [1.29, 1.82) is 0 Å². The average molecular weight is 280 g/mol. The summed E-state index contributed by atoms with van der Waals surface area (Å²) in [5.74, 6) is 0.0525. The van der Waals surface area contributed by atoms with Gasteiger partial charge in [-0.05, 0) is 24.6 Å². The minimum atomic E-state index is -0.379. The maximum absolute atomic E-state index is 13.4. The van der Waals surface area contributed by atoms with E-state index in [9.17, 15) is 4.39 Å². The fourth-order valence-corrected chi connectivity index (χ4v) is 2.02. The van der Waals surface area contributed by atoms with Crippen LogP contribution in [0, 0.1) is 11.7 Å². The molecule has 1 aliphatic rings. The van der Waals surface area contributed by atoms with Gasteiger partial charge in [0.1, 0.15) is 5.82 Å². The quantitative estimate of drug-likeness (QED) is 0.914. The molecule has 0 radical (unpaired) electrons. The molecule has 2 nitrogen and oxygen atoms in total. The van der Waals surface area contributed by atoms with E-state index in [-0.39, 0.29) is 29.4 Å². The highest BCUT2D eigenvalue weighted by atomic mass is 35.5. The van der Waals surface area contributed by atoms with Gasteiger partial charge in [0.2, 0.25) is 0 Å².